The van der Waals surface area contributed by atoms with Crippen molar-refractivity contribution in [2.45, 2.75) is 13.3 Å². The fraction of sp³-hybridized carbons (Fsp3) is 0.611. The molecule has 1 aromatic rings. The molecule has 0 atom stereocenters. The van der Waals surface area contributed by atoms with Gasteiger partial charge >= 0.3 is 0 Å². The number of hydrogen-bond donors (Lipinski definition) is 2. The summed E-state index contributed by atoms with van der Waals surface area (Å²) in [4.78, 5) is 6.80. The number of nitrogens with zero attached hydrogens (tertiary/aromatic N) is 2. The van der Waals surface area contributed by atoms with E-state index in [2.05, 4.69) is 34.5 Å². The summed E-state index contributed by atoms with van der Waals surface area (Å²) in [6.07, 6.45) is 0.820. The van der Waals surface area contributed by atoms with E-state index in [1.54, 1.807) is 14.2 Å². The molecule has 0 bridgehead atoms. The molecular formula is C18H32ClIN4O2. The van der Waals surface area contributed by atoms with Crippen molar-refractivity contribution < 1.29 is 9.47 Å². The molecule has 150 valence electrons. The van der Waals surface area contributed by atoms with Gasteiger partial charge in [0.15, 0.2) is 5.96 Å². The minimum absolute atomic E-state index is 0. The smallest absolute Gasteiger partial charge is 0.191 e. The van der Waals surface area contributed by atoms with Crippen molar-refractivity contribution >= 4 is 41.5 Å². The first-order chi connectivity index (χ1) is 12.1. The van der Waals surface area contributed by atoms with Crippen LogP contribution in [0, 0.1) is 0 Å². The highest BCUT2D eigenvalue weighted by atomic mass is 127. The molecule has 26 heavy (non-hydrogen) atoms. The van der Waals surface area contributed by atoms with E-state index in [9.17, 15) is 0 Å². The molecule has 8 heteroatoms. The number of rotatable bonds is 11. The monoisotopic (exact) mass is 498 g/mol. The second kappa shape index (κ2) is 15.3. The Labute approximate surface area is 179 Å². The Morgan fingerprint density at radius 2 is 2.00 bits per heavy atom. The fourth-order valence-corrected chi connectivity index (χ4v) is 2.47. The van der Waals surface area contributed by atoms with Gasteiger partial charge in [0.05, 0.1) is 20.3 Å². The molecule has 0 aliphatic heterocycles. The predicted molar refractivity (Wildman–Crippen MR) is 120 cm³/mol. The normalized spacial score (nSPS) is 11.2. The Balaban J connectivity index is 0.00000625. The van der Waals surface area contributed by atoms with Crippen molar-refractivity contribution in [3.63, 3.8) is 0 Å². The molecule has 1 rings (SSSR count). The van der Waals surface area contributed by atoms with Crippen LogP contribution >= 0.6 is 35.6 Å². The molecule has 0 aliphatic rings. The summed E-state index contributed by atoms with van der Waals surface area (Å²) >= 11 is 6.28. The van der Waals surface area contributed by atoms with Gasteiger partial charge in [-0.2, -0.15) is 0 Å². The third-order valence-electron chi connectivity index (χ3n) is 3.72. The van der Waals surface area contributed by atoms with Gasteiger partial charge in [0.25, 0.3) is 0 Å². The standard InChI is InChI=1S/C18H31ClN4O2.HI/c1-5-20-18(22-10-11-23(2)12-13-24-3)21-9-8-15-6-7-16(25-4)14-17(15)19;/h6-7,14H,5,8-13H2,1-4H3,(H2,20,21,22);1H. The van der Waals surface area contributed by atoms with E-state index in [0.29, 0.717) is 0 Å². The second-order valence-corrected chi connectivity index (χ2v) is 6.10. The summed E-state index contributed by atoms with van der Waals surface area (Å²) in [5.74, 6) is 1.60. The number of likely N-dealkylation sites (N-methyl/N-ethyl adjacent to an activating group) is 1. The number of aliphatic imine (C=N–C) groups is 1. The predicted octanol–water partition coefficient (Wildman–Crippen LogP) is 2.64. The summed E-state index contributed by atoms with van der Waals surface area (Å²) in [7, 11) is 5.42. The molecule has 0 fully saturated rings. The Morgan fingerprint density at radius 1 is 1.23 bits per heavy atom. The zero-order valence-electron chi connectivity index (χ0n) is 16.2. The molecule has 0 heterocycles. The lowest BCUT2D eigenvalue weighted by Crippen LogP contribution is -2.39. The summed E-state index contributed by atoms with van der Waals surface area (Å²) in [5.41, 5.74) is 1.09. The molecule has 0 amide bonds. The van der Waals surface area contributed by atoms with Crippen LogP contribution in [0.2, 0.25) is 5.02 Å². The summed E-state index contributed by atoms with van der Waals surface area (Å²) < 4.78 is 10.2. The Morgan fingerprint density at radius 3 is 2.62 bits per heavy atom. The maximum absolute atomic E-state index is 6.28. The summed E-state index contributed by atoms with van der Waals surface area (Å²) in [6, 6.07) is 5.76. The summed E-state index contributed by atoms with van der Waals surface area (Å²) in [6.45, 7) is 6.92. The van der Waals surface area contributed by atoms with E-state index in [-0.39, 0.29) is 24.0 Å². The molecule has 2 N–H and O–H groups in total. The topological polar surface area (TPSA) is 58.1 Å². The van der Waals surface area contributed by atoms with Crippen LogP contribution in [0.3, 0.4) is 0 Å². The number of guanidine groups is 1. The average Bonchev–Trinajstić information content (AvgIpc) is 2.61. The largest absolute Gasteiger partial charge is 0.497 e. The van der Waals surface area contributed by atoms with Gasteiger partial charge in [0.1, 0.15) is 5.75 Å². The van der Waals surface area contributed by atoms with Gasteiger partial charge in [0.2, 0.25) is 0 Å². The maximum atomic E-state index is 6.28. The number of hydrogen-bond acceptors (Lipinski definition) is 4. The minimum atomic E-state index is 0. The van der Waals surface area contributed by atoms with Crippen molar-refractivity contribution in [3.8, 4) is 5.75 Å². The molecule has 6 nitrogen and oxygen atoms in total. The van der Waals surface area contributed by atoms with Gasteiger partial charge in [-0.1, -0.05) is 17.7 Å². The molecule has 0 spiro atoms. The highest BCUT2D eigenvalue weighted by molar-refractivity contribution is 14.0. The number of ether oxygens (including phenoxy) is 2. The van der Waals surface area contributed by atoms with Crippen molar-refractivity contribution in [3.05, 3.63) is 28.8 Å². The van der Waals surface area contributed by atoms with E-state index in [1.807, 2.05) is 18.2 Å². The van der Waals surface area contributed by atoms with Crippen LogP contribution in [0.15, 0.2) is 23.2 Å². The lowest BCUT2D eigenvalue weighted by atomic mass is 10.1. The van der Waals surface area contributed by atoms with Crippen LogP contribution in [-0.2, 0) is 11.2 Å². The van der Waals surface area contributed by atoms with Crippen LogP contribution in [-0.4, -0.2) is 71.5 Å². The van der Waals surface area contributed by atoms with E-state index >= 15 is 0 Å². The van der Waals surface area contributed by atoms with Gasteiger partial charge in [0, 0.05) is 38.3 Å². The SMILES string of the molecule is CCNC(=NCCN(C)CCOC)NCCc1ccc(OC)cc1Cl.I. The summed E-state index contributed by atoms with van der Waals surface area (Å²) in [5, 5.41) is 7.33. The highest BCUT2D eigenvalue weighted by Crippen LogP contribution is 2.22. The zero-order chi connectivity index (χ0) is 18.5. The van der Waals surface area contributed by atoms with Gasteiger partial charge in [-0.05, 0) is 38.1 Å². The third kappa shape index (κ3) is 10.4. The number of nitrogens with one attached hydrogen (secondary N) is 2. The van der Waals surface area contributed by atoms with E-state index in [1.165, 1.54) is 0 Å². The van der Waals surface area contributed by atoms with Crippen molar-refractivity contribution in [1.29, 1.82) is 0 Å². The number of halogens is 2. The average molecular weight is 499 g/mol. The minimum Gasteiger partial charge on any atom is -0.497 e. The Bertz CT molecular complexity index is 532. The zero-order valence-corrected chi connectivity index (χ0v) is 19.3. The van der Waals surface area contributed by atoms with E-state index in [0.717, 1.165) is 68.0 Å². The first-order valence-electron chi connectivity index (χ1n) is 8.62. The molecule has 0 aromatic heterocycles. The molecule has 1 aromatic carbocycles. The Kier molecular flexibility index (Phi) is 14.9. The first-order valence-corrected chi connectivity index (χ1v) is 9.00. The van der Waals surface area contributed by atoms with Gasteiger partial charge < -0.3 is 25.0 Å². The molecule has 0 saturated heterocycles. The van der Waals surface area contributed by atoms with E-state index < -0.39 is 0 Å². The molecular weight excluding hydrogens is 467 g/mol. The molecule has 0 radical (unpaired) electrons. The lowest BCUT2D eigenvalue weighted by Gasteiger charge is -2.16. The van der Waals surface area contributed by atoms with Gasteiger partial charge in [-0.25, -0.2) is 0 Å². The Hall–Kier alpha value is -0.770. The second-order valence-electron chi connectivity index (χ2n) is 5.69. The van der Waals surface area contributed by atoms with E-state index in [4.69, 9.17) is 21.1 Å². The van der Waals surface area contributed by atoms with Crippen LogP contribution in [0.25, 0.3) is 0 Å². The number of methoxy groups -OCH3 is 2. The van der Waals surface area contributed by atoms with Crippen LogP contribution in [0.1, 0.15) is 12.5 Å². The first kappa shape index (κ1) is 25.2. The fourth-order valence-electron chi connectivity index (χ4n) is 2.21. The van der Waals surface area contributed by atoms with Crippen LogP contribution < -0.4 is 15.4 Å². The van der Waals surface area contributed by atoms with Crippen molar-refractivity contribution in [2.24, 2.45) is 4.99 Å². The highest BCUT2D eigenvalue weighted by Gasteiger charge is 2.04. The molecule has 0 saturated carbocycles. The quantitative estimate of drug-likeness (QED) is 0.279. The van der Waals surface area contributed by atoms with Crippen molar-refractivity contribution in [1.82, 2.24) is 15.5 Å². The van der Waals surface area contributed by atoms with Crippen molar-refractivity contribution in [2.75, 3.05) is 60.6 Å². The molecule has 0 aliphatic carbocycles. The van der Waals surface area contributed by atoms with Crippen LogP contribution in [0.5, 0.6) is 5.75 Å². The number of benzene rings is 1. The maximum Gasteiger partial charge on any atom is 0.191 e. The molecule has 0 unspecified atom stereocenters. The van der Waals surface area contributed by atoms with Gasteiger partial charge in [-0.3, -0.25) is 4.99 Å². The lowest BCUT2D eigenvalue weighted by molar-refractivity contribution is 0.163. The van der Waals surface area contributed by atoms with Gasteiger partial charge in [-0.15, -0.1) is 24.0 Å². The third-order valence-corrected chi connectivity index (χ3v) is 4.07. The van der Waals surface area contributed by atoms with Crippen LogP contribution in [0.4, 0.5) is 0 Å².